The summed E-state index contributed by atoms with van der Waals surface area (Å²) in [5, 5.41) is 6.75. The number of para-hydroxylation sites is 2. The highest BCUT2D eigenvalue weighted by atomic mass is 16.5. The molecule has 2 fully saturated rings. The molecule has 5 nitrogen and oxygen atoms in total. The first-order valence-electron chi connectivity index (χ1n) is 11.1. The van der Waals surface area contributed by atoms with E-state index in [2.05, 4.69) is 18.2 Å². The minimum atomic E-state index is -0.111. The van der Waals surface area contributed by atoms with E-state index in [1.807, 2.05) is 36.4 Å². The van der Waals surface area contributed by atoms with Gasteiger partial charge in [-0.25, -0.2) is 5.01 Å². The average Bonchev–Trinajstić information content (AvgIpc) is 3.59. The maximum atomic E-state index is 13.2. The van der Waals surface area contributed by atoms with Gasteiger partial charge in [0.15, 0.2) is 0 Å². The molecule has 0 spiro atoms. The molecule has 5 heteroatoms. The number of hydrazone groups is 1. The number of benzene rings is 2. The molecule has 2 aromatic carbocycles. The van der Waals surface area contributed by atoms with Gasteiger partial charge < -0.3 is 9.47 Å². The smallest absolute Gasteiger partial charge is 0.246 e. The fourth-order valence-electron chi connectivity index (χ4n) is 4.89. The number of allylic oxidation sites excluding steroid dienone is 1. The first-order chi connectivity index (χ1) is 15.2. The van der Waals surface area contributed by atoms with Crippen LogP contribution in [-0.2, 0) is 4.79 Å². The van der Waals surface area contributed by atoms with Gasteiger partial charge in [-0.2, -0.15) is 5.10 Å². The lowest BCUT2D eigenvalue weighted by Gasteiger charge is -2.30. The number of hydrogen-bond acceptors (Lipinski definition) is 4. The molecule has 0 bridgehead atoms. The highest BCUT2D eigenvalue weighted by Crippen LogP contribution is 2.48. The van der Waals surface area contributed by atoms with E-state index in [9.17, 15) is 4.79 Å². The van der Waals surface area contributed by atoms with Crippen LogP contribution >= 0.6 is 0 Å². The van der Waals surface area contributed by atoms with E-state index in [0.717, 1.165) is 60.4 Å². The number of ether oxygens (including phenoxy) is 2. The molecule has 2 saturated carbocycles. The van der Waals surface area contributed by atoms with E-state index in [1.54, 1.807) is 19.2 Å². The second-order valence-electron chi connectivity index (χ2n) is 8.54. The van der Waals surface area contributed by atoms with Crippen molar-refractivity contribution in [2.75, 3.05) is 14.2 Å². The number of rotatable bonds is 5. The normalized spacial score (nSPS) is 24.0. The molecule has 1 heterocycles. The van der Waals surface area contributed by atoms with E-state index in [0.29, 0.717) is 0 Å². The quantitative estimate of drug-likeness (QED) is 0.670. The van der Waals surface area contributed by atoms with Gasteiger partial charge in [-0.1, -0.05) is 36.4 Å². The molecule has 2 atom stereocenters. The molecule has 5 rings (SSSR count). The third-order valence-corrected chi connectivity index (χ3v) is 6.58. The summed E-state index contributed by atoms with van der Waals surface area (Å²) in [5.74, 6) is 2.10. The summed E-state index contributed by atoms with van der Waals surface area (Å²) in [5.41, 5.74) is 4.33. The van der Waals surface area contributed by atoms with Crippen molar-refractivity contribution in [1.82, 2.24) is 5.01 Å². The fourth-order valence-corrected chi connectivity index (χ4v) is 4.89. The van der Waals surface area contributed by atoms with Crippen molar-refractivity contribution in [2.24, 2.45) is 16.9 Å². The predicted octanol–water partition coefficient (Wildman–Crippen LogP) is 5.24. The number of nitrogens with zero attached hydrogens (tertiary/aromatic N) is 2. The largest absolute Gasteiger partial charge is 0.496 e. The Labute approximate surface area is 183 Å². The highest BCUT2D eigenvalue weighted by molar-refractivity contribution is 6.08. The average molecular weight is 417 g/mol. The molecule has 31 heavy (non-hydrogen) atoms. The van der Waals surface area contributed by atoms with Crippen LogP contribution in [0, 0.1) is 11.8 Å². The Morgan fingerprint density at radius 3 is 2.45 bits per heavy atom. The molecule has 1 aliphatic heterocycles. The summed E-state index contributed by atoms with van der Waals surface area (Å²) in [6, 6.07) is 16.0. The minimum Gasteiger partial charge on any atom is -0.496 e. The molecule has 1 amide bonds. The van der Waals surface area contributed by atoms with Crippen LogP contribution in [0.1, 0.15) is 49.3 Å². The summed E-state index contributed by atoms with van der Waals surface area (Å²) in [4.78, 5) is 13.2. The second-order valence-corrected chi connectivity index (χ2v) is 8.54. The van der Waals surface area contributed by atoms with Crippen LogP contribution in [0.15, 0.2) is 59.2 Å². The molecule has 160 valence electrons. The van der Waals surface area contributed by atoms with Gasteiger partial charge >= 0.3 is 0 Å². The number of carbonyl (C=O) groups excluding carboxylic acids is 1. The van der Waals surface area contributed by atoms with Crippen LogP contribution in [0.25, 0.3) is 6.08 Å². The summed E-state index contributed by atoms with van der Waals surface area (Å²) in [6.07, 6.45) is 7.16. The topological polar surface area (TPSA) is 51.1 Å². The molecular formula is C26H28N2O3. The van der Waals surface area contributed by atoms with Crippen LogP contribution in [-0.4, -0.2) is 30.8 Å². The summed E-state index contributed by atoms with van der Waals surface area (Å²) < 4.78 is 11.2. The van der Waals surface area contributed by atoms with Crippen molar-refractivity contribution in [3.05, 3.63) is 65.2 Å². The fraction of sp³-hybridized carbons (Fsp3) is 0.385. The number of amides is 1. The van der Waals surface area contributed by atoms with Crippen LogP contribution in [0.3, 0.4) is 0 Å². The van der Waals surface area contributed by atoms with E-state index in [-0.39, 0.29) is 23.8 Å². The third kappa shape index (κ3) is 3.62. The van der Waals surface area contributed by atoms with Gasteiger partial charge in [-0.05, 0) is 55.9 Å². The standard InChI is InChI=1S/C26H28N2O3/c1-30-22-12-5-3-8-18(22)16-19-9-7-11-21-24(19)27-28(26(29)17-14-15-17)25(21)20-10-4-6-13-23(20)31-2/h3-6,8,10,12-13,16-17,21,25H,7,9,11,14-15H2,1-2H3. The predicted molar refractivity (Wildman–Crippen MR) is 121 cm³/mol. The lowest BCUT2D eigenvalue weighted by atomic mass is 9.77. The van der Waals surface area contributed by atoms with Crippen molar-refractivity contribution >= 4 is 17.7 Å². The molecule has 3 aliphatic rings. The summed E-state index contributed by atoms with van der Waals surface area (Å²) >= 11 is 0. The van der Waals surface area contributed by atoms with E-state index < -0.39 is 0 Å². The van der Waals surface area contributed by atoms with Gasteiger partial charge in [0.2, 0.25) is 5.91 Å². The summed E-state index contributed by atoms with van der Waals surface area (Å²) in [6.45, 7) is 0. The first-order valence-corrected chi connectivity index (χ1v) is 11.1. The first kappa shape index (κ1) is 19.9. The Kier molecular flexibility index (Phi) is 5.26. The Hall–Kier alpha value is -3.08. The molecule has 0 N–H and O–H groups in total. The molecular weight excluding hydrogens is 388 g/mol. The maximum absolute atomic E-state index is 13.2. The zero-order valence-electron chi connectivity index (χ0n) is 18.1. The van der Waals surface area contributed by atoms with Crippen molar-refractivity contribution in [1.29, 1.82) is 0 Å². The van der Waals surface area contributed by atoms with Crippen LogP contribution in [0.5, 0.6) is 11.5 Å². The van der Waals surface area contributed by atoms with Crippen molar-refractivity contribution in [3.8, 4) is 11.5 Å². The van der Waals surface area contributed by atoms with E-state index >= 15 is 0 Å². The van der Waals surface area contributed by atoms with Crippen molar-refractivity contribution in [2.45, 2.75) is 38.1 Å². The zero-order valence-corrected chi connectivity index (χ0v) is 18.1. The van der Waals surface area contributed by atoms with Gasteiger partial charge in [-0.3, -0.25) is 4.79 Å². The highest BCUT2D eigenvalue weighted by Gasteiger charge is 2.47. The van der Waals surface area contributed by atoms with Crippen LogP contribution in [0.2, 0.25) is 0 Å². The summed E-state index contributed by atoms with van der Waals surface area (Å²) in [7, 11) is 3.39. The maximum Gasteiger partial charge on any atom is 0.246 e. The Bertz CT molecular complexity index is 1050. The molecule has 2 aromatic rings. The third-order valence-electron chi connectivity index (χ3n) is 6.58. The van der Waals surface area contributed by atoms with E-state index in [4.69, 9.17) is 14.6 Å². The van der Waals surface area contributed by atoms with Gasteiger partial charge in [0.1, 0.15) is 11.5 Å². The van der Waals surface area contributed by atoms with Gasteiger partial charge in [-0.15, -0.1) is 0 Å². The SMILES string of the molecule is COc1ccccc1C=C1CCCC2C1=NN(C(=O)C1CC1)C2c1ccccc1OC. The van der Waals surface area contributed by atoms with Crippen molar-refractivity contribution < 1.29 is 14.3 Å². The van der Waals surface area contributed by atoms with E-state index in [1.165, 1.54) is 5.57 Å². The number of carbonyl (C=O) groups is 1. The molecule has 2 unspecified atom stereocenters. The Balaban J connectivity index is 1.58. The van der Waals surface area contributed by atoms with Crippen LogP contribution < -0.4 is 9.47 Å². The molecule has 0 radical (unpaired) electrons. The molecule has 2 aliphatic carbocycles. The Morgan fingerprint density at radius 2 is 1.71 bits per heavy atom. The van der Waals surface area contributed by atoms with Gasteiger partial charge in [0.05, 0.1) is 26.0 Å². The monoisotopic (exact) mass is 416 g/mol. The second kappa shape index (κ2) is 8.22. The lowest BCUT2D eigenvalue weighted by molar-refractivity contribution is -0.135. The zero-order chi connectivity index (χ0) is 21.4. The van der Waals surface area contributed by atoms with Gasteiger partial charge in [0.25, 0.3) is 0 Å². The number of fused-ring (bicyclic) bond motifs is 1. The number of hydrogen-bond donors (Lipinski definition) is 0. The minimum absolute atomic E-state index is 0.111. The van der Waals surface area contributed by atoms with Crippen molar-refractivity contribution in [3.63, 3.8) is 0 Å². The lowest BCUT2D eigenvalue weighted by Crippen LogP contribution is -2.33. The molecule has 0 saturated heterocycles. The molecule has 0 aromatic heterocycles. The number of methoxy groups -OCH3 is 2. The van der Waals surface area contributed by atoms with Gasteiger partial charge in [0, 0.05) is 23.0 Å². The van der Waals surface area contributed by atoms with Crippen LogP contribution in [0.4, 0.5) is 0 Å². The Morgan fingerprint density at radius 1 is 1.00 bits per heavy atom.